The normalized spacial score (nSPS) is 9.00. The summed E-state index contributed by atoms with van der Waals surface area (Å²) in [5, 5.41) is 0.948. The molecule has 0 bridgehead atoms. The average molecular weight is 372 g/mol. The molecule has 0 fully saturated rings. The Hall–Kier alpha value is 0.378. The summed E-state index contributed by atoms with van der Waals surface area (Å²) >= 11 is 11.4. The first kappa shape index (κ1) is 11.4. The summed E-state index contributed by atoms with van der Waals surface area (Å²) in [6, 6.07) is 1.63. The minimum Gasteiger partial charge on any atom is -0.325 e. The molecule has 0 aliphatic carbocycles. The van der Waals surface area contributed by atoms with E-state index >= 15 is 0 Å². The second kappa shape index (κ2) is 5.10. The Kier molecular flexibility index (Phi) is 5.28. The van der Waals surface area contributed by atoms with E-state index in [1.165, 1.54) is 0 Å². The van der Waals surface area contributed by atoms with Crippen LogP contribution in [0.2, 0.25) is 10.0 Å². The third-order valence-corrected chi connectivity index (χ3v) is 1.94. The van der Waals surface area contributed by atoms with Gasteiger partial charge in [-0.05, 0) is 6.07 Å². The van der Waals surface area contributed by atoms with Crippen LogP contribution < -0.4 is 5.73 Å². The summed E-state index contributed by atoms with van der Waals surface area (Å²) in [4.78, 5) is 3.92. The van der Waals surface area contributed by atoms with Crippen molar-refractivity contribution in [3.8, 4) is 0 Å². The molecule has 1 rings (SSSR count). The van der Waals surface area contributed by atoms with Crippen LogP contribution in [-0.2, 0) is 27.6 Å². The third-order valence-electron chi connectivity index (χ3n) is 1.11. The quantitative estimate of drug-likeness (QED) is 0.818. The van der Waals surface area contributed by atoms with Crippen molar-refractivity contribution in [2.75, 3.05) is 0 Å². The van der Waals surface area contributed by atoms with Gasteiger partial charge in [0.1, 0.15) is 0 Å². The number of halogens is 2. The van der Waals surface area contributed by atoms with Gasteiger partial charge < -0.3 is 5.73 Å². The molecule has 11 heavy (non-hydrogen) atoms. The predicted octanol–water partition coefficient (Wildman–Crippen LogP) is 1.84. The van der Waals surface area contributed by atoms with Crippen LogP contribution in [0.25, 0.3) is 0 Å². The zero-order valence-corrected chi connectivity index (χ0v) is 9.24. The SMILES string of the molecule is NCc1nccc(Cl)c1Cl.[Pt]. The molecule has 1 heterocycles. The molecule has 0 amide bonds. The second-order valence-electron chi connectivity index (χ2n) is 1.76. The molecular formula is C6H6Cl2N2Pt. The molecule has 1 aromatic rings. The molecule has 2 nitrogen and oxygen atoms in total. The maximum absolute atomic E-state index is 5.72. The summed E-state index contributed by atoms with van der Waals surface area (Å²) in [7, 11) is 0. The summed E-state index contributed by atoms with van der Waals surface area (Å²) in [6.07, 6.45) is 1.58. The largest absolute Gasteiger partial charge is 0.325 e. The summed E-state index contributed by atoms with van der Waals surface area (Å²) < 4.78 is 0. The Morgan fingerprint density at radius 1 is 1.45 bits per heavy atom. The van der Waals surface area contributed by atoms with Gasteiger partial charge in [0.15, 0.2) is 0 Å². The van der Waals surface area contributed by atoms with Gasteiger partial charge in [0.05, 0.1) is 15.7 Å². The standard InChI is InChI=1S/C6H6Cl2N2.Pt/c7-4-1-2-10-5(3-9)6(4)8;/h1-2H,3,9H2;. The summed E-state index contributed by atoms with van der Waals surface area (Å²) in [5.41, 5.74) is 5.95. The van der Waals surface area contributed by atoms with E-state index in [9.17, 15) is 0 Å². The van der Waals surface area contributed by atoms with Gasteiger partial charge in [-0.25, -0.2) is 0 Å². The van der Waals surface area contributed by atoms with E-state index in [1.54, 1.807) is 12.3 Å². The van der Waals surface area contributed by atoms with Crippen molar-refractivity contribution in [3.05, 3.63) is 28.0 Å². The van der Waals surface area contributed by atoms with Crippen molar-refractivity contribution < 1.29 is 21.1 Å². The first-order valence-corrected chi connectivity index (χ1v) is 3.50. The van der Waals surface area contributed by atoms with E-state index in [0.29, 0.717) is 22.3 Å². The van der Waals surface area contributed by atoms with Crippen molar-refractivity contribution >= 4 is 23.2 Å². The van der Waals surface area contributed by atoms with Crippen LogP contribution in [0.5, 0.6) is 0 Å². The molecule has 0 saturated heterocycles. The number of rotatable bonds is 1. The molecule has 0 spiro atoms. The van der Waals surface area contributed by atoms with Gasteiger partial charge in [-0.2, -0.15) is 0 Å². The van der Waals surface area contributed by atoms with Crippen molar-refractivity contribution in [2.45, 2.75) is 6.54 Å². The Morgan fingerprint density at radius 3 is 2.55 bits per heavy atom. The zero-order valence-electron chi connectivity index (χ0n) is 5.46. The molecule has 0 aliphatic heterocycles. The average Bonchev–Trinajstić information content (AvgIpc) is 1.95. The number of nitrogens with zero attached hydrogens (tertiary/aromatic N) is 1. The van der Waals surface area contributed by atoms with Gasteiger partial charge in [0.2, 0.25) is 0 Å². The van der Waals surface area contributed by atoms with Crippen LogP contribution in [0.4, 0.5) is 0 Å². The van der Waals surface area contributed by atoms with E-state index in [2.05, 4.69) is 4.98 Å². The first-order chi connectivity index (χ1) is 4.75. The number of pyridine rings is 1. The minimum absolute atomic E-state index is 0. The van der Waals surface area contributed by atoms with Gasteiger partial charge in [0, 0.05) is 33.8 Å². The van der Waals surface area contributed by atoms with Crippen LogP contribution in [0.3, 0.4) is 0 Å². The monoisotopic (exact) mass is 371 g/mol. The van der Waals surface area contributed by atoms with Crippen LogP contribution in [-0.4, -0.2) is 4.98 Å². The molecule has 0 aromatic carbocycles. The van der Waals surface area contributed by atoms with Crippen LogP contribution in [0, 0.1) is 0 Å². The Morgan fingerprint density at radius 2 is 2.09 bits per heavy atom. The smallest absolute Gasteiger partial charge is 0.0820 e. The summed E-state index contributed by atoms with van der Waals surface area (Å²) in [6.45, 7) is 0.319. The van der Waals surface area contributed by atoms with E-state index in [4.69, 9.17) is 28.9 Å². The van der Waals surface area contributed by atoms with E-state index < -0.39 is 0 Å². The van der Waals surface area contributed by atoms with Gasteiger partial charge >= 0.3 is 0 Å². The van der Waals surface area contributed by atoms with Gasteiger partial charge in [0.25, 0.3) is 0 Å². The van der Waals surface area contributed by atoms with Gasteiger partial charge in [-0.15, -0.1) is 0 Å². The summed E-state index contributed by atoms with van der Waals surface area (Å²) in [5.74, 6) is 0. The van der Waals surface area contributed by atoms with E-state index in [-0.39, 0.29) is 21.1 Å². The van der Waals surface area contributed by atoms with Crippen LogP contribution >= 0.6 is 23.2 Å². The van der Waals surface area contributed by atoms with Crippen molar-refractivity contribution in [1.29, 1.82) is 0 Å². The molecule has 0 atom stereocenters. The van der Waals surface area contributed by atoms with E-state index in [0.717, 1.165) is 0 Å². The number of nitrogens with two attached hydrogens (primary N) is 1. The predicted molar refractivity (Wildman–Crippen MR) is 42.1 cm³/mol. The zero-order chi connectivity index (χ0) is 7.56. The molecule has 0 aliphatic rings. The molecule has 1 aromatic heterocycles. The Balaban J connectivity index is 0.000001000. The fourth-order valence-corrected chi connectivity index (χ4v) is 0.957. The number of hydrogen-bond acceptors (Lipinski definition) is 2. The molecular weight excluding hydrogens is 366 g/mol. The molecule has 0 radical (unpaired) electrons. The van der Waals surface area contributed by atoms with Crippen molar-refractivity contribution in [2.24, 2.45) is 5.73 Å². The van der Waals surface area contributed by atoms with Crippen molar-refractivity contribution in [1.82, 2.24) is 4.98 Å². The topological polar surface area (TPSA) is 38.9 Å². The van der Waals surface area contributed by atoms with Crippen LogP contribution in [0.15, 0.2) is 12.3 Å². The van der Waals surface area contributed by atoms with Crippen LogP contribution in [0.1, 0.15) is 5.69 Å². The Labute approximate surface area is 89.4 Å². The third kappa shape index (κ3) is 2.72. The van der Waals surface area contributed by atoms with Crippen molar-refractivity contribution in [3.63, 3.8) is 0 Å². The fraction of sp³-hybridized carbons (Fsp3) is 0.167. The fourth-order valence-electron chi connectivity index (χ4n) is 0.603. The molecule has 64 valence electrons. The van der Waals surface area contributed by atoms with Gasteiger partial charge in [-0.1, -0.05) is 23.2 Å². The second-order valence-corrected chi connectivity index (χ2v) is 2.54. The maximum atomic E-state index is 5.72. The molecule has 5 heteroatoms. The molecule has 0 unspecified atom stereocenters. The molecule has 2 N–H and O–H groups in total. The number of hydrogen-bond donors (Lipinski definition) is 1. The Bertz CT molecular complexity index is 242. The first-order valence-electron chi connectivity index (χ1n) is 2.74. The molecule has 0 saturated carbocycles. The number of aromatic nitrogens is 1. The minimum atomic E-state index is 0. The van der Waals surface area contributed by atoms with E-state index in [1.807, 2.05) is 0 Å². The van der Waals surface area contributed by atoms with Gasteiger partial charge in [-0.3, -0.25) is 4.98 Å². The maximum Gasteiger partial charge on any atom is 0.0820 e.